The van der Waals surface area contributed by atoms with Crippen molar-refractivity contribution in [3.8, 4) is 0 Å². The first kappa shape index (κ1) is 18.5. The van der Waals surface area contributed by atoms with Gasteiger partial charge in [0.2, 0.25) is 0 Å². The minimum Gasteiger partial charge on any atom is -0.259 e. The van der Waals surface area contributed by atoms with Crippen molar-refractivity contribution in [3.63, 3.8) is 0 Å². The Morgan fingerprint density at radius 2 is 1.83 bits per heavy atom. The fourth-order valence-electron chi connectivity index (χ4n) is 2.61. The van der Waals surface area contributed by atoms with E-state index in [9.17, 15) is 10.1 Å². The van der Waals surface area contributed by atoms with Gasteiger partial charge in [0.25, 0.3) is 5.69 Å². The molecule has 0 saturated heterocycles. The second kappa shape index (κ2) is 8.41. The molecule has 29 heavy (non-hydrogen) atoms. The molecule has 0 aliphatic carbocycles. The second-order valence-electron chi connectivity index (χ2n) is 6.00. The minimum atomic E-state index is -0.436. The molecule has 0 atom stereocenters. The molecule has 0 aliphatic rings. The van der Waals surface area contributed by atoms with E-state index in [0.29, 0.717) is 16.4 Å². The molecular weight excluding hydrogens is 386 g/mol. The van der Waals surface area contributed by atoms with Crippen LogP contribution in [0.1, 0.15) is 10.6 Å². The molecule has 0 aliphatic heterocycles. The monoisotopic (exact) mass is 401 g/mol. The molecule has 4 rings (SSSR count). The topological polar surface area (TPSA) is 92.8 Å². The summed E-state index contributed by atoms with van der Waals surface area (Å²) in [5.41, 5.74) is 5.21. The maximum Gasteiger partial charge on any atom is 0.270 e. The number of fused-ring (bicyclic) bond motifs is 1. The number of nitro groups is 1. The SMILES string of the molecule is O=[N+]([O-])c1cccc(C=NNC(=Nc2ccccc2)c2nc3ccccc3s2)c1. The first-order chi connectivity index (χ1) is 14.2. The lowest BCUT2D eigenvalue weighted by molar-refractivity contribution is -0.384. The van der Waals surface area contributed by atoms with E-state index < -0.39 is 4.92 Å². The van der Waals surface area contributed by atoms with Crippen LogP contribution in [0.5, 0.6) is 0 Å². The fraction of sp³-hybridized carbons (Fsp3) is 0. The molecule has 0 spiro atoms. The number of hydrazone groups is 1. The number of para-hydroxylation sites is 2. The number of non-ortho nitro benzene ring substituents is 1. The second-order valence-corrected chi connectivity index (χ2v) is 7.04. The molecule has 142 valence electrons. The van der Waals surface area contributed by atoms with E-state index in [1.54, 1.807) is 12.1 Å². The number of nitrogens with zero attached hydrogens (tertiary/aromatic N) is 4. The summed E-state index contributed by atoms with van der Waals surface area (Å²) >= 11 is 1.51. The van der Waals surface area contributed by atoms with Crippen molar-refractivity contribution in [2.75, 3.05) is 0 Å². The van der Waals surface area contributed by atoms with Crippen LogP contribution in [0.4, 0.5) is 11.4 Å². The van der Waals surface area contributed by atoms with Gasteiger partial charge in [-0.1, -0.05) is 42.5 Å². The zero-order valence-electron chi connectivity index (χ0n) is 15.1. The third-order valence-corrected chi connectivity index (χ3v) is 5.00. The van der Waals surface area contributed by atoms with E-state index in [0.717, 1.165) is 15.9 Å². The predicted octanol–water partition coefficient (Wildman–Crippen LogP) is 4.91. The van der Waals surface area contributed by atoms with Crippen LogP contribution in [0, 0.1) is 10.1 Å². The van der Waals surface area contributed by atoms with Crippen molar-refractivity contribution in [2.24, 2.45) is 10.1 Å². The van der Waals surface area contributed by atoms with Gasteiger partial charge in [0.15, 0.2) is 10.8 Å². The maximum absolute atomic E-state index is 10.9. The van der Waals surface area contributed by atoms with Gasteiger partial charge in [0, 0.05) is 17.7 Å². The molecular formula is C21H15N5O2S. The average molecular weight is 401 g/mol. The highest BCUT2D eigenvalue weighted by atomic mass is 32.1. The summed E-state index contributed by atoms with van der Waals surface area (Å²) in [4.78, 5) is 19.8. The van der Waals surface area contributed by atoms with Crippen molar-refractivity contribution < 1.29 is 4.92 Å². The summed E-state index contributed by atoms with van der Waals surface area (Å²) in [6.07, 6.45) is 1.51. The number of rotatable bonds is 5. The van der Waals surface area contributed by atoms with Gasteiger partial charge < -0.3 is 0 Å². The number of hydrogen-bond acceptors (Lipinski definition) is 6. The molecule has 0 unspecified atom stereocenters. The van der Waals surface area contributed by atoms with Crippen molar-refractivity contribution in [1.29, 1.82) is 0 Å². The lowest BCUT2D eigenvalue weighted by Crippen LogP contribution is -2.18. The Kier molecular flexibility index (Phi) is 5.35. The summed E-state index contributed by atoms with van der Waals surface area (Å²) in [6, 6.07) is 23.6. The highest BCUT2D eigenvalue weighted by Crippen LogP contribution is 2.23. The highest BCUT2D eigenvalue weighted by molar-refractivity contribution is 7.20. The quantitative estimate of drug-likeness (QED) is 0.223. The van der Waals surface area contributed by atoms with Crippen molar-refractivity contribution >= 4 is 45.0 Å². The van der Waals surface area contributed by atoms with Gasteiger partial charge in [-0.15, -0.1) is 11.3 Å². The van der Waals surface area contributed by atoms with E-state index in [1.165, 1.54) is 29.7 Å². The molecule has 0 fully saturated rings. The zero-order valence-corrected chi connectivity index (χ0v) is 15.9. The largest absolute Gasteiger partial charge is 0.270 e. The van der Waals surface area contributed by atoms with Crippen LogP contribution >= 0.6 is 11.3 Å². The standard InChI is InChI=1S/C21H15N5O2S/c27-26(28)17-10-6-7-15(13-17)14-22-25-20(23-16-8-2-1-3-9-16)21-24-18-11-4-5-12-19(18)29-21/h1-14H,(H,23,25). The van der Waals surface area contributed by atoms with Crippen molar-refractivity contribution in [2.45, 2.75) is 0 Å². The van der Waals surface area contributed by atoms with Crippen molar-refractivity contribution in [3.05, 3.63) is 99.5 Å². The molecule has 1 heterocycles. The Bertz CT molecular complexity index is 1180. The molecule has 0 radical (unpaired) electrons. The lowest BCUT2D eigenvalue weighted by Gasteiger charge is -2.03. The van der Waals surface area contributed by atoms with E-state index in [2.05, 4.69) is 20.5 Å². The smallest absolute Gasteiger partial charge is 0.259 e. The molecule has 7 nitrogen and oxygen atoms in total. The molecule has 8 heteroatoms. The van der Waals surface area contributed by atoms with Gasteiger partial charge in [-0.25, -0.2) is 9.98 Å². The van der Waals surface area contributed by atoms with Crippen LogP contribution in [-0.2, 0) is 0 Å². The molecule has 3 aromatic carbocycles. The summed E-state index contributed by atoms with van der Waals surface area (Å²) in [7, 11) is 0. The Morgan fingerprint density at radius 3 is 2.62 bits per heavy atom. The van der Waals surface area contributed by atoms with Crippen LogP contribution < -0.4 is 5.43 Å². The highest BCUT2D eigenvalue weighted by Gasteiger charge is 2.10. The maximum atomic E-state index is 10.9. The molecule has 0 bridgehead atoms. The van der Waals surface area contributed by atoms with Crippen LogP contribution in [-0.4, -0.2) is 22.0 Å². The Hall–Kier alpha value is -3.91. The molecule has 0 saturated carbocycles. The molecule has 4 aromatic rings. The van der Waals surface area contributed by atoms with Gasteiger partial charge in [-0.3, -0.25) is 15.5 Å². The first-order valence-corrected chi connectivity index (χ1v) is 9.54. The number of benzene rings is 3. The third kappa shape index (κ3) is 4.50. The van der Waals surface area contributed by atoms with Crippen LogP contribution in [0.2, 0.25) is 0 Å². The Morgan fingerprint density at radius 1 is 1.03 bits per heavy atom. The van der Waals surface area contributed by atoms with Gasteiger partial charge in [-0.05, 0) is 24.3 Å². The summed E-state index contributed by atoms with van der Waals surface area (Å²) in [6.45, 7) is 0. The van der Waals surface area contributed by atoms with Crippen LogP contribution in [0.3, 0.4) is 0 Å². The Labute approximate surface area is 170 Å². The first-order valence-electron chi connectivity index (χ1n) is 8.72. The van der Waals surface area contributed by atoms with Crippen LogP contribution in [0.25, 0.3) is 10.2 Å². The zero-order chi connectivity index (χ0) is 20.1. The normalized spacial score (nSPS) is 11.8. The van der Waals surface area contributed by atoms with Gasteiger partial charge in [0.1, 0.15) is 0 Å². The van der Waals surface area contributed by atoms with E-state index in [-0.39, 0.29) is 5.69 Å². The summed E-state index contributed by atoms with van der Waals surface area (Å²) in [5, 5.41) is 15.9. The van der Waals surface area contributed by atoms with Crippen LogP contribution in [0.15, 0.2) is 89.0 Å². The lowest BCUT2D eigenvalue weighted by atomic mass is 10.2. The van der Waals surface area contributed by atoms with E-state index >= 15 is 0 Å². The molecule has 1 N–H and O–H groups in total. The van der Waals surface area contributed by atoms with Gasteiger partial charge in [-0.2, -0.15) is 5.10 Å². The number of nitro benzene ring substituents is 1. The minimum absolute atomic E-state index is 0.0123. The predicted molar refractivity (Wildman–Crippen MR) is 116 cm³/mol. The third-order valence-electron chi connectivity index (χ3n) is 3.96. The molecule has 0 amide bonds. The van der Waals surface area contributed by atoms with Crippen molar-refractivity contribution in [1.82, 2.24) is 10.4 Å². The van der Waals surface area contributed by atoms with E-state index in [4.69, 9.17) is 0 Å². The number of aromatic nitrogens is 1. The summed E-state index contributed by atoms with van der Waals surface area (Å²) < 4.78 is 1.05. The number of amidine groups is 1. The number of thiazole rings is 1. The van der Waals surface area contributed by atoms with Gasteiger partial charge >= 0.3 is 0 Å². The number of nitrogens with one attached hydrogen (secondary N) is 1. The Balaban J connectivity index is 1.65. The summed E-state index contributed by atoms with van der Waals surface area (Å²) in [5.74, 6) is 0.499. The fourth-order valence-corrected chi connectivity index (χ4v) is 3.52. The number of aliphatic imine (C=N–C) groups is 1. The number of hydrogen-bond donors (Lipinski definition) is 1. The van der Waals surface area contributed by atoms with E-state index in [1.807, 2.05) is 54.6 Å². The van der Waals surface area contributed by atoms with Gasteiger partial charge in [0.05, 0.1) is 27.0 Å². The molecule has 1 aromatic heterocycles. The average Bonchev–Trinajstić information content (AvgIpc) is 3.18.